The second-order valence-electron chi connectivity index (χ2n) is 3.27. The van der Waals surface area contributed by atoms with Crippen LogP contribution in [0.15, 0.2) is 11.4 Å². The van der Waals surface area contributed by atoms with Gasteiger partial charge in [-0.05, 0) is 11.4 Å². The first-order valence-corrected chi connectivity index (χ1v) is 7.01. The zero-order valence-corrected chi connectivity index (χ0v) is 11.0. The van der Waals surface area contributed by atoms with Crippen molar-refractivity contribution in [3.63, 3.8) is 0 Å². The molecule has 4 N–H and O–H groups in total. The van der Waals surface area contributed by atoms with Crippen LogP contribution in [-0.4, -0.2) is 34.4 Å². The standard InChI is InChI=1S/C10H12N2O4S2/c11-9(16)6-1-4-18-10(6)12-7(13)5-17-3-2-8(14)15/h1,4H,2-3,5H2,(H2,11,16)(H,12,13)(H,14,15). The van der Waals surface area contributed by atoms with Gasteiger partial charge in [0.15, 0.2) is 0 Å². The number of hydrogen-bond donors (Lipinski definition) is 3. The van der Waals surface area contributed by atoms with Gasteiger partial charge in [0.2, 0.25) is 5.91 Å². The van der Waals surface area contributed by atoms with Crippen molar-refractivity contribution in [3.8, 4) is 0 Å². The summed E-state index contributed by atoms with van der Waals surface area (Å²) < 4.78 is 0. The molecule has 0 atom stereocenters. The van der Waals surface area contributed by atoms with Crippen LogP contribution in [0.1, 0.15) is 16.8 Å². The van der Waals surface area contributed by atoms with Crippen molar-refractivity contribution in [2.24, 2.45) is 5.73 Å². The fourth-order valence-electron chi connectivity index (χ4n) is 1.09. The Labute approximate surface area is 112 Å². The van der Waals surface area contributed by atoms with Crippen LogP contribution in [0.25, 0.3) is 0 Å². The second kappa shape index (κ2) is 7.02. The van der Waals surface area contributed by atoms with Crippen LogP contribution >= 0.6 is 23.1 Å². The number of rotatable bonds is 7. The molecular formula is C10H12N2O4S2. The average molecular weight is 288 g/mol. The largest absolute Gasteiger partial charge is 0.481 e. The van der Waals surface area contributed by atoms with Crippen LogP contribution in [0.3, 0.4) is 0 Å². The smallest absolute Gasteiger partial charge is 0.304 e. The van der Waals surface area contributed by atoms with Crippen LogP contribution in [0.4, 0.5) is 5.00 Å². The Morgan fingerprint density at radius 1 is 1.44 bits per heavy atom. The van der Waals surface area contributed by atoms with Gasteiger partial charge in [-0.15, -0.1) is 11.3 Å². The molecule has 0 aromatic carbocycles. The van der Waals surface area contributed by atoms with Crippen molar-refractivity contribution in [2.75, 3.05) is 16.8 Å². The molecule has 1 aromatic heterocycles. The summed E-state index contributed by atoms with van der Waals surface area (Å²) in [6.07, 6.45) is 0.0173. The zero-order chi connectivity index (χ0) is 13.5. The maximum atomic E-state index is 11.5. The third kappa shape index (κ3) is 4.76. The molecule has 0 aliphatic rings. The number of thiophene rings is 1. The number of anilines is 1. The molecule has 1 heterocycles. The van der Waals surface area contributed by atoms with Gasteiger partial charge < -0.3 is 16.2 Å². The van der Waals surface area contributed by atoms with E-state index in [1.54, 1.807) is 11.4 Å². The molecule has 0 bridgehead atoms. The number of amides is 2. The van der Waals surface area contributed by atoms with Gasteiger partial charge in [0, 0.05) is 5.75 Å². The van der Waals surface area contributed by atoms with Crippen molar-refractivity contribution >= 4 is 45.9 Å². The fraction of sp³-hybridized carbons (Fsp3) is 0.300. The van der Waals surface area contributed by atoms with E-state index in [0.717, 1.165) is 0 Å². The summed E-state index contributed by atoms with van der Waals surface area (Å²) in [7, 11) is 0. The lowest BCUT2D eigenvalue weighted by Crippen LogP contribution is -2.18. The second-order valence-corrected chi connectivity index (χ2v) is 5.29. The maximum absolute atomic E-state index is 11.5. The number of nitrogens with one attached hydrogen (secondary N) is 1. The molecule has 0 aliphatic carbocycles. The van der Waals surface area contributed by atoms with Crippen LogP contribution in [0, 0.1) is 0 Å². The summed E-state index contributed by atoms with van der Waals surface area (Å²) in [5, 5.41) is 13.1. The molecule has 2 amide bonds. The summed E-state index contributed by atoms with van der Waals surface area (Å²) in [6.45, 7) is 0. The van der Waals surface area contributed by atoms with E-state index < -0.39 is 11.9 Å². The molecule has 0 aliphatic heterocycles. The van der Waals surface area contributed by atoms with Gasteiger partial charge in [-0.1, -0.05) is 0 Å². The summed E-state index contributed by atoms with van der Waals surface area (Å²) >= 11 is 2.44. The number of carbonyl (C=O) groups excluding carboxylic acids is 2. The Morgan fingerprint density at radius 2 is 2.17 bits per heavy atom. The molecule has 6 nitrogen and oxygen atoms in total. The number of thioether (sulfide) groups is 1. The number of primary amides is 1. The molecule has 0 fully saturated rings. The molecule has 1 aromatic rings. The van der Waals surface area contributed by atoms with Crippen LogP contribution in [0.2, 0.25) is 0 Å². The summed E-state index contributed by atoms with van der Waals surface area (Å²) in [4.78, 5) is 32.8. The van der Waals surface area contributed by atoms with E-state index in [1.165, 1.54) is 23.1 Å². The van der Waals surface area contributed by atoms with Gasteiger partial charge in [0.1, 0.15) is 5.00 Å². The Bertz CT molecular complexity index is 458. The Balaban J connectivity index is 2.38. The first kappa shape index (κ1) is 14.5. The number of carboxylic acid groups (broad SMARTS) is 1. The Kier molecular flexibility index (Phi) is 5.66. The molecule has 18 heavy (non-hydrogen) atoms. The van der Waals surface area contributed by atoms with Crippen molar-refractivity contribution in [2.45, 2.75) is 6.42 Å². The highest BCUT2D eigenvalue weighted by atomic mass is 32.2. The van der Waals surface area contributed by atoms with Crippen LogP contribution in [-0.2, 0) is 9.59 Å². The van der Waals surface area contributed by atoms with E-state index in [0.29, 0.717) is 10.8 Å². The predicted molar refractivity (Wildman–Crippen MR) is 71.0 cm³/mol. The van der Waals surface area contributed by atoms with Crippen LogP contribution in [0.5, 0.6) is 0 Å². The molecule has 98 valence electrons. The monoisotopic (exact) mass is 288 g/mol. The highest BCUT2D eigenvalue weighted by Crippen LogP contribution is 2.22. The predicted octanol–water partition coefficient (Wildman–Crippen LogP) is 0.993. The number of aliphatic carboxylic acids is 1. The van der Waals surface area contributed by atoms with Gasteiger partial charge in [0.25, 0.3) is 5.91 Å². The summed E-state index contributed by atoms with van der Waals surface area (Å²) in [5.41, 5.74) is 5.42. The normalized spacial score (nSPS) is 10.0. The molecule has 8 heteroatoms. The van der Waals surface area contributed by atoms with Crippen molar-refractivity contribution in [1.82, 2.24) is 0 Å². The van der Waals surface area contributed by atoms with E-state index >= 15 is 0 Å². The van der Waals surface area contributed by atoms with Crippen molar-refractivity contribution in [1.29, 1.82) is 0 Å². The lowest BCUT2D eigenvalue weighted by atomic mass is 10.3. The fourth-order valence-corrected chi connectivity index (χ4v) is 2.62. The molecular weight excluding hydrogens is 276 g/mol. The molecule has 1 rings (SSSR count). The Morgan fingerprint density at radius 3 is 2.78 bits per heavy atom. The third-order valence-electron chi connectivity index (χ3n) is 1.88. The zero-order valence-electron chi connectivity index (χ0n) is 9.34. The van der Waals surface area contributed by atoms with Gasteiger partial charge in [0.05, 0.1) is 17.7 Å². The van der Waals surface area contributed by atoms with Gasteiger partial charge in [-0.25, -0.2) is 0 Å². The summed E-state index contributed by atoms with van der Waals surface area (Å²) in [5.74, 6) is -1.25. The van der Waals surface area contributed by atoms with Crippen molar-refractivity contribution in [3.05, 3.63) is 17.0 Å². The summed E-state index contributed by atoms with van der Waals surface area (Å²) in [6, 6.07) is 1.54. The van der Waals surface area contributed by atoms with E-state index in [-0.39, 0.29) is 23.6 Å². The highest BCUT2D eigenvalue weighted by molar-refractivity contribution is 7.99. The molecule has 0 saturated carbocycles. The molecule has 0 radical (unpaired) electrons. The topological polar surface area (TPSA) is 109 Å². The number of carbonyl (C=O) groups is 3. The third-order valence-corrected chi connectivity index (χ3v) is 3.67. The maximum Gasteiger partial charge on any atom is 0.304 e. The first-order valence-electron chi connectivity index (χ1n) is 4.97. The van der Waals surface area contributed by atoms with E-state index in [1.807, 2.05) is 0 Å². The van der Waals surface area contributed by atoms with Gasteiger partial charge in [-0.2, -0.15) is 11.8 Å². The highest BCUT2D eigenvalue weighted by Gasteiger charge is 2.12. The minimum atomic E-state index is -0.892. The van der Waals surface area contributed by atoms with Crippen molar-refractivity contribution < 1.29 is 19.5 Å². The lowest BCUT2D eigenvalue weighted by Gasteiger charge is -2.03. The molecule has 0 saturated heterocycles. The number of hydrogen-bond acceptors (Lipinski definition) is 5. The minimum Gasteiger partial charge on any atom is -0.481 e. The Hall–Kier alpha value is -1.54. The van der Waals surface area contributed by atoms with E-state index in [9.17, 15) is 14.4 Å². The molecule has 0 unspecified atom stereocenters. The molecule has 0 spiro atoms. The quantitative estimate of drug-likeness (QED) is 0.648. The SMILES string of the molecule is NC(=O)c1ccsc1NC(=O)CSCCC(=O)O. The minimum absolute atomic E-state index is 0.0173. The van der Waals surface area contributed by atoms with E-state index in [2.05, 4.69) is 5.32 Å². The lowest BCUT2D eigenvalue weighted by molar-refractivity contribution is -0.136. The average Bonchev–Trinajstić information content (AvgIpc) is 2.72. The first-order chi connectivity index (χ1) is 8.50. The number of nitrogens with two attached hydrogens (primary N) is 1. The van der Waals surface area contributed by atoms with Crippen LogP contribution < -0.4 is 11.1 Å². The van der Waals surface area contributed by atoms with E-state index in [4.69, 9.17) is 10.8 Å². The van der Waals surface area contributed by atoms with Gasteiger partial charge in [-0.3, -0.25) is 14.4 Å². The number of carboxylic acids is 1. The van der Waals surface area contributed by atoms with Gasteiger partial charge >= 0.3 is 5.97 Å².